The Labute approximate surface area is 163 Å². The van der Waals surface area contributed by atoms with Crippen molar-refractivity contribution in [3.05, 3.63) is 60.2 Å². The lowest BCUT2D eigenvalue weighted by atomic mass is 9.92. The summed E-state index contributed by atoms with van der Waals surface area (Å²) in [5, 5.41) is 21.3. The van der Waals surface area contributed by atoms with Crippen molar-refractivity contribution < 1.29 is 9.90 Å². The molecule has 0 unspecified atom stereocenters. The van der Waals surface area contributed by atoms with Gasteiger partial charge < -0.3 is 15.3 Å². The number of aliphatic hydroxyl groups excluding tert-OH is 1. The van der Waals surface area contributed by atoms with Crippen molar-refractivity contribution in [2.24, 2.45) is 13.0 Å². The Morgan fingerprint density at radius 3 is 2.68 bits per heavy atom. The number of aromatic nitrogens is 4. The number of urea groups is 1. The highest BCUT2D eigenvalue weighted by molar-refractivity contribution is 5.90. The average molecular weight is 380 g/mol. The van der Waals surface area contributed by atoms with Crippen molar-refractivity contribution in [1.29, 1.82) is 0 Å². The van der Waals surface area contributed by atoms with Crippen molar-refractivity contribution in [1.82, 2.24) is 24.5 Å². The summed E-state index contributed by atoms with van der Waals surface area (Å²) in [6, 6.07) is 9.61. The number of hydrogen-bond donors (Lipinski definition) is 2. The van der Waals surface area contributed by atoms with E-state index >= 15 is 0 Å². The van der Waals surface area contributed by atoms with Gasteiger partial charge >= 0.3 is 6.03 Å². The highest BCUT2D eigenvalue weighted by Crippen LogP contribution is 2.32. The molecule has 3 aromatic rings. The summed E-state index contributed by atoms with van der Waals surface area (Å²) in [6.45, 7) is 3.02. The lowest BCUT2D eigenvalue weighted by molar-refractivity contribution is 0.206. The first-order valence-corrected chi connectivity index (χ1v) is 9.32. The Morgan fingerprint density at radius 1 is 1.21 bits per heavy atom. The maximum Gasteiger partial charge on any atom is 0.321 e. The van der Waals surface area contributed by atoms with E-state index < -0.39 is 0 Å². The van der Waals surface area contributed by atoms with Gasteiger partial charge in [0.15, 0.2) is 0 Å². The number of nitrogens with zero attached hydrogens (tertiary/aromatic N) is 5. The fraction of sp³-hybridized carbons (Fsp3) is 0.350. The number of amides is 2. The summed E-state index contributed by atoms with van der Waals surface area (Å²) < 4.78 is 3.54. The molecular weight excluding hydrogens is 356 g/mol. The fourth-order valence-corrected chi connectivity index (χ4v) is 3.79. The molecule has 1 saturated heterocycles. The highest BCUT2D eigenvalue weighted by atomic mass is 16.3. The van der Waals surface area contributed by atoms with Crippen LogP contribution < -0.4 is 5.32 Å². The van der Waals surface area contributed by atoms with E-state index in [0.717, 1.165) is 16.9 Å². The van der Waals surface area contributed by atoms with Gasteiger partial charge in [-0.15, -0.1) is 0 Å². The Morgan fingerprint density at radius 2 is 2.00 bits per heavy atom. The number of likely N-dealkylation sites (tertiary alicyclic amines) is 1. The third-order valence-corrected chi connectivity index (χ3v) is 5.37. The first kappa shape index (κ1) is 18.2. The van der Waals surface area contributed by atoms with Crippen LogP contribution in [0.4, 0.5) is 10.5 Å². The molecule has 1 aliphatic rings. The number of carbonyl (C=O) groups excluding carboxylic acids is 1. The Hall–Kier alpha value is -3.13. The number of rotatable bonds is 4. The van der Waals surface area contributed by atoms with E-state index in [-0.39, 0.29) is 24.5 Å². The molecule has 1 aliphatic heterocycles. The van der Waals surface area contributed by atoms with Crippen molar-refractivity contribution in [2.75, 3.05) is 25.0 Å². The standard InChI is InChI=1S/C20H24N6O2/c1-14-19(9-22-26(14)17-6-4-3-5-7-17)23-20(28)25-11-16(13-27)18(12-25)15-8-21-24(2)10-15/h3-10,16,18,27H,11-13H2,1-2H3,(H,23,28)/t16-,18-/m0/s1. The molecular formula is C20H24N6O2. The van der Waals surface area contributed by atoms with E-state index in [9.17, 15) is 9.90 Å². The molecule has 8 nitrogen and oxygen atoms in total. The number of hydrogen-bond acceptors (Lipinski definition) is 4. The van der Waals surface area contributed by atoms with Gasteiger partial charge in [-0.05, 0) is 24.6 Å². The zero-order chi connectivity index (χ0) is 19.7. The Balaban J connectivity index is 1.48. The minimum atomic E-state index is -0.180. The van der Waals surface area contributed by atoms with Gasteiger partial charge in [0.2, 0.25) is 0 Å². The third-order valence-electron chi connectivity index (χ3n) is 5.37. The van der Waals surface area contributed by atoms with Gasteiger partial charge in [-0.3, -0.25) is 4.68 Å². The molecule has 0 radical (unpaired) electrons. The van der Waals surface area contributed by atoms with Crippen LogP contribution in [0.15, 0.2) is 48.9 Å². The number of para-hydroxylation sites is 1. The normalized spacial score (nSPS) is 19.2. The predicted octanol–water partition coefficient (Wildman–Crippen LogP) is 2.15. The monoisotopic (exact) mass is 380 g/mol. The van der Waals surface area contributed by atoms with Crippen molar-refractivity contribution in [3.63, 3.8) is 0 Å². The van der Waals surface area contributed by atoms with Crippen LogP contribution in [0.25, 0.3) is 5.69 Å². The van der Waals surface area contributed by atoms with Crippen LogP contribution in [0.3, 0.4) is 0 Å². The number of anilines is 1. The van der Waals surface area contributed by atoms with E-state index in [1.807, 2.05) is 56.7 Å². The maximum absolute atomic E-state index is 12.8. The SMILES string of the molecule is Cc1c(NC(=O)N2C[C@@H](CO)[C@H](c3cnn(C)c3)C2)cnn1-c1ccccc1. The second-order valence-corrected chi connectivity index (χ2v) is 7.22. The summed E-state index contributed by atoms with van der Waals surface area (Å²) >= 11 is 0. The Bertz CT molecular complexity index is 964. The summed E-state index contributed by atoms with van der Waals surface area (Å²) in [5.41, 5.74) is 3.53. The summed E-state index contributed by atoms with van der Waals surface area (Å²) in [5.74, 6) is 0.0840. The Kier molecular flexibility index (Phi) is 4.87. The van der Waals surface area contributed by atoms with Gasteiger partial charge in [0.25, 0.3) is 0 Å². The molecule has 0 bridgehead atoms. The molecule has 1 fully saturated rings. The smallest absolute Gasteiger partial charge is 0.321 e. The lowest BCUT2D eigenvalue weighted by Gasteiger charge is -2.17. The molecule has 28 heavy (non-hydrogen) atoms. The van der Waals surface area contributed by atoms with Gasteiger partial charge in [-0.1, -0.05) is 18.2 Å². The number of aryl methyl sites for hydroxylation is 1. The molecule has 8 heteroatoms. The predicted molar refractivity (Wildman–Crippen MR) is 105 cm³/mol. The first-order chi connectivity index (χ1) is 13.6. The van der Waals surface area contributed by atoms with Crippen LogP contribution in [0.2, 0.25) is 0 Å². The minimum Gasteiger partial charge on any atom is -0.396 e. The molecule has 2 amide bonds. The van der Waals surface area contributed by atoms with Crippen molar-refractivity contribution in [3.8, 4) is 5.69 Å². The molecule has 3 heterocycles. The van der Waals surface area contributed by atoms with Crippen LogP contribution >= 0.6 is 0 Å². The third kappa shape index (κ3) is 3.38. The number of carbonyl (C=O) groups is 1. The van der Waals surface area contributed by atoms with Gasteiger partial charge in [-0.25, -0.2) is 9.48 Å². The number of nitrogens with one attached hydrogen (secondary N) is 1. The van der Waals surface area contributed by atoms with E-state index in [1.54, 1.807) is 20.5 Å². The fourth-order valence-electron chi connectivity index (χ4n) is 3.79. The summed E-state index contributed by atoms with van der Waals surface area (Å²) in [4.78, 5) is 14.6. The van der Waals surface area contributed by atoms with Gasteiger partial charge in [0.05, 0.1) is 29.5 Å². The van der Waals surface area contributed by atoms with E-state index in [0.29, 0.717) is 18.8 Å². The van der Waals surface area contributed by atoms with Crippen LogP contribution in [0.5, 0.6) is 0 Å². The highest BCUT2D eigenvalue weighted by Gasteiger charge is 2.36. The molecule has 4 rings (SSSR count). The van der Waals surface area contributed by atoms with E-state index in [2.05, 4.69) is 15.5 Å². The van der Waals surface area contributed by atoms with Crippen molar-refractivity contribution >= 4 is 11.7 Å². The first-order valence-electron chi connectivity index (χ1n) is 9.32. The zero-order valence-corrected chi connectivity index (χ0v) is 16.0. The molecule has 1 aromatic carbocycles. The molecule has 0 saturated carbocycles. The summed E-state index contributed by atoms with van der Waals surface area (Å²) in [6.07, 6.45) is 5.42. The van der Waals surface area contributed by atoms with E-state index in [1.165, 1.54) is 0 Å². The average Bonchev–Trinajstić information content (AvgIpc) is 3.41. The van der Waals surface area contributed by atoms with E-state index in [4.69, 9.17) is 0 Å². The van der Waals surface area contributed by atoms with Gasteiger partial charge in [0, 0.05) is 44.8 Å². The minimum absolute atomic E-state index is 0.00286. The van der Waals surface area contributed by atoms with Crippen LogP contribution in [-0.4, -0.2) is 55.3 Å². The number of benzene rings is 1. The quantitative estimate of drug-likeness (QED) is 0.726. The largest absolute Gasteiger partial charge is 0.396 e. The summed E-state index contributed by atoms with van der Waals surface area (Å²) in [7, 11) is 1.87. The zero-order valence-electron chi connectivity index (χ0n) is 16.0. The molecule has 0 aliphatic carbocycles. The topological polar surface area (TPSA) is 88.2 Å². The molecule has 2 atom stereocenters. The molecule has 2 N–H and O–H groups in total. The van der Waals surface area contributed by atoms with Crippen LogP contribution in [0, 0.1) is 12.8 Å². The number of aliphatic hydroxyl groups is 1. The second-order valence-electron chi connectivity index (χ2n) is 7.22. The molecule has 146 valence electrons. The van der Waals surface area contributed by atoms with Gasteiger partial charge in [-0.2, -0.15) is 10.2 Å². The second kappa shape index (κ2) is 7.47. The van der Waals surface area contributed by atoms with Gasteiger partial charge in [0.1, 0.15) is 0 Å². The van der Waals surface area contributed by atoms with Crippen LogP contribution in [-0.2, 0) is 7.05 Å². The lowest BCUT2D eigenvalue weighted by Crippen LogP contribution is -2.33. The molecule has 0 spiro atoms. The maximum atomic E-state index is 12.8. The van der Waals surface area contributed by atoms with Crippen LogP contribution in [0.1, 0.15) is 17.2 Å². The van der Waals surface area contributed by atoms with Crippen molar-refractivity contribution in [2.45, 2.75) is 12.8 Å². The molecule has 2 aromatic heterocycles.